The standard InChI is InChI=1S/C31H19BNO2/c34-32-35-19-16-17-26-29(18-19)33-28-15-6-3-10-22(28)23-11-7-14-27(30(23)33)31(26)24-12-4-1-8-20(24)21-9-2-5-13-25(21)31/h1-18,34H. The second-order valence-corrected chi connectivity index (χ2v) is 9.30. The second-order valence-electron chi connectivity index (χ2n) is 9.30. The van der Waals surface area contributed by atoms with E-state index in [9.17, 15) is 5.02 Å². The molecule has 1 spiro atoms. The summed E-state index contributed by atoms with van der Waals surface area (Å²) in [5.74, 6) is 0.603. The van der Waals surface area contributed by atoms with Gasteiger partial charge >= 0.3 is 7.69 Å². The average Bonchev–Trinajstić information content (AvgIpc) is 3.40. The third-order valence-electron chi connectivity index (χ3n) is 7.85. The van der Waals surface area contributed by atoms with Crippen LogP contribution in [0.2, 0.25) is 0 Å². The molecule has 1 N–H and O–H groups in total. The first-order valence-corrected chi connectivity index (χ1v) is 11.8. The van der Waals surface area contributed by atoms with E-state index in [0.717, 1.165) is 18.9 Å². The highest BCUT2D eigenvalue weighted by Gasteiger charge is 2.50. The van der Waals surface area contributed by atoms with Crippen LogP contribution < -0.4 is 4.65 Å². The van der Waals surface area contributed by atoms with Gasteiger partial charge in [-0.2, -0.15) is 0 Å². The van der Waals surface area contributed by atoms with Crippen LogP contribution in [0.3, 0.4) is 0 Å². The lowest BCUT2D eigenvalue weighted by molar-refractivity contribution is 0.453. The molecule has 3 nitrogen and oxygen atoms in total. The van der Waals surface area contributed by atoms with Gasteiger partial charge in [-0.3, -0.25) is 0 Å². The molecule has 0 unspecified atom stereocenters. The smallest absolute Gasteiger partial charge is 0.537 e. The van der Waals surface area contributed by atoms with Crippen LogP contribution in [0.5, 0.6) is 5.75 Å². The van der Waals surface area contributed by atoms with Gasteiger partial charge in [-0.15, -0.1) is 0 Å². The lowest BCUT2D eigenvalue weighted by atomic mass is 9.65. The summed E-state index contributed by atoms with van der Waals surface area (Å²) in [5, 5.41) is 11.8. The van der Waals surface area contributed by atoms with E-state index in [1.54, 1.807) is 0 Å². The minimum atomic E-state index is -0.451. The van der Waals surface area contributed by atoms with E-state index in [1.807, 2.05) is 6.07 Å². The summed E-state index contributed by atoms with van der Waals surface area (Å²) in [5.41, 5.74) is 10.7. The molecule has 0 saturated carbocycles. The normalized spacial score (nSPS) is 14.1. The second kappa shape index (κ2) is 6.65. The van der Waals surface area contributed by atoms with Crippen molar-refractivity contribution in [2.24, 2.45) is 0 Å². The van der Waals surface area contributed by atoms with Crippen LogP contribution >= 0.6 is 0 Å². The van der Waals surface area contributed by atoms with E-state index in [1.165, 1.54) is 49.7 Å². The first kappa shape index (κ1) is 19.1. The minimum absolute atomic E-state index is 0.451. The van der Waals surface area contributed by atoms with E-state index in [-0.39, 0.29) is 0 Å². The predicted octanol–water partition coefficient (Wildman–Crippen LogP) is 6.37. The Balaban J connectivity index is 1.66. The largest absolute Gasteiger partial charge is 0.569 e. The van der Waals surface area contributed by atoms with Gasteiger partial charge in [0, 0.05) is 16.8 Å². The molecule has 5 aromatic carbocycles. The van der Waals surface area contributed by atoms with Gasteiger partial charge in [0.15, 0.2) is 0 Å². The molecule has 1 radical (unpaired) electrons. The highest BCUT2D eigenvalue weighted by molar-refractivity contribution is 6.17. The number of para-hydroxylation sites is 2. The Morgan fingerprint density at radius 1 is 0.629 bits per heavy atom. The summed E-state index contributed by atoms with van der Waals surface area (Å²) >= 11 is 0. The first-order valence-electron chi connectivity index (χ1n) is 11.8. The molecule has 0 amide bonds. The molecule has 163 valence electrons. The number of rotatable bonds is 2. The van der Waals surface area contributed by atoms with Crippen molar-refractivity contribution in [1.29, 1.82) is 0 Å². The van der Waals surface area contributed by atoms with Gasteiger partial charge in [0.2, 0.25) is 0 Å². The van der Waals surface area contributed by atoms with Gasteiger partial charge < -0.3 is 14.2 Å². The maximum absolute atomic E-state index is 9.38. The van der Waals surface area contributed by atoms with Crippen LogP contribution in [0.25, 0.3) is 38.6 Å². The zero-order valence-corrected chi connectivity index (χ0v) is 18.8. The number of nitrogens with zero attached hydrogens (tertiary/aromatic N) is 1. The molecule has 8 rings (SSSR count). The molecule has 0 saturated heterocycles. The third kappa shape index (κ3) is 2.17. The SMILES string of the molecule is O[B]Oc1ccc2c(c1)-n1c3ccccc3c3cccc(c31)C21c2ccccc2-c2ccccc21. The fourth-order valence-electron chi connectivity index (χ4n) is 6.68. The quantitative estimate of drug-likeness (QED) is 0.312. The number of aromatic nitrogens is 1. The van der Waals surface area contributed by atoms with Gasteiger partial charge in [0.05, 0.1) is 22.1 Å². The van der Waals surface area contributed by atoms with Crippen LogP contribution in [-0.4, -0.2) is 17.3 Å². The summed E-state index contributed by atoms with van der Waals surface area (Å²) < 4.78 is 7.82. The van der Waals surface area contributed by atoms with Crippen LogP contribution in [-0.2, 0) is 5.41 Å². The summed E-state index contributed by atoms with van der Waals surface area (Å²) in [4.78, 5) is 0. The van der Waals surface area contributed by atoms with Crippen molar-refractivity contribution in [3.05, 3.63) is 131 Å². The molecule has 0 fully saturated rings. The zero-order valence-electron chi connectivity index (χ0n) is 18.8. The lowest BCUT2D eigenvalue weighted by Crippen LogP contribution is -2.33. The fraction of sp³-hybridized carbons (Fsp3) is 0.0323. The van der Waals surface area contributed by atoms with Crippen molar-refractivity contribution in [2.75, 3.05) is 0 Å². The van der Waals surface area contributed by atoms with Gasteiger partial charge in [0.25, 0.3) is 0 Å². The molecule has 2 aliphatic rings. The first-order chi connectivity index (χ1) is 17.3. The third-order valence-corrected chi connectivity index (χ3v) is 7.85. The van der Waals surface area contributed by atoms with E-state index in [4.69, 9.17) is 4.65 Å². The van der Waals surface area contributed by atoms with Crippen molar-refractivity contribution in [3.8, 4) is 22.6 Å². The monoisotopic (exact) mass is 448 g/mol. The van der Waals surface area contributed by atoms with Crippen molar-refractivity contribution in [3.63, 3.8) is 0 Å². The van der Waals surface area contributed by atoms with Crippen LogP contribution in [0.1, 0.15) is 22.3 Å². The Labute approximate surface area is 203 Å². The van der Waals surface area contributed by atoms with E-state index in [0.29, 0.717) is 5.75 Å². The van der Waals surface area contributed by atoms with E-state index < -0.39 is 5.41 Å². The van der Waals surface area contributed by atoms with Gasteiger partial charge in [-0.05, 0) is 45.5 Å². The molecule has 0 bridgehead atoms. The highest BCUT2D eigenvalue weighted by Crippen LogP contribution is 2.61. The van der Waals surface area contributed by atoms with E-state index >= 15 is 0 Å². The Kier molecular flexibility index (Phi) is 3.63. The van der Waals surface area contributed by atoms with Crippen molar-refractivity contribution in [1.82, 2.24) is 4.57 Å². The molecule has 4 heteroatoms. The molecular weight excluding hydrogens is 429 g/mol. The number of fused-ring (bicyclic) bond motifs is 12. The summed E-state index contributed by atoms with van der Waals surface area (Å²) in [6.45, 7) is 0. The number of benzene rings is 5. The predicted molar refractivity (Wildman–Crippen MR) is 140 cm³/mol. The van der Waals surface area contributed by atoms with Crippen molar-refractivity contribution < 1.29 is 9.68 Å². The summed E-state index contributed by atoms with van der Waals surface area (Å²) in [6, 6.07) is 39.1. The Morgan fingerprint density at radius 2 is 1.29 bits per heavy atom. The van der Waals surface area contributed by atoms with Gasteiger partial charge in [-0.25, -0.2) is 0 Å². The molecule has 1 aromatic heterocycles. The maximum atomic E-state index is 9.38. The molecule has 0 atom stereocenters. The zero-order chi connectivity index (χ0) is 23.1. The Bertz CT molecular complexity index is 1790. The summed E-state index contributed by atoms with van der Waals surface area (Å²) in [6.07, 6.45) is 0. The van der Waals surface area contributed by atoms with Crippen LogP contribution in [0, 0.1) is 0 Å². The average molecular weight is 448 g/mol. The molecule has 35 heavy (non-hydrogen) atoms. The molecule has 2 heterocycles. The molecule has 1 aliphatic heterocycles. The fourth-order valence-corrected chi connectivity index (χ4v) is 6.68. The van der Waals surface area contributed by atoms with Crippen LogP contribution in [0.4, 0.5) is 0 Å². The van der Waals surface area contributed by atoms with Gasteiger partial charge in [0.1, 0.15) is 5.75 Å². The van der Waals surface area contributed by atoms with E-state index in [2.05, 4.69) is 108 Å². The summed E-state index contributed by atoms with van der Waals surface area (Å²) in [7, 11) is 0.748. The molecular formula is C31H19BNO2. The lowest BCUT2D eigenvalue weighted by Gasteiger charge is -2.39. The van der Waals surface area contributed by atoms with Crippen molar-refractivity contribution in [2.45, 2.75) is 5.41 Å². The number of hydrogen-bond acceptors (Lipinski definition) is 2. The maximum Gasteiger partial charge on any atom is 0.569 e. The Hall–Kier alpha value is -4.28. The minimum Gasteiger partial charge on any atom is -0.537 e. The molecule has 1 aliphatic carbocycles. The topological polar surface area (TPSA) is 34.4 Å². The van der Waals surface area contributed by atoms with Gasteiger partial charge in [-0.1, -0.05) is 91.0 Å². The van der Waals surface area contributed by atoms with Crippen molar-refractivity contribution >= 4 is 29.5 Å². The highest BCUT2D eigenvalue weighted by atomic mass is 16.5. The Morgan fingerprint density at radius 3 is 2.06 bits per heavy atom. The van der Waals surface area contributed by atoms with Crippen LogP contribution in [0.15, 0.2) is 109 Å². The molecule has 6 aromatic rings. The number of hydrogen-bond donors (Lipinski definition) is 1.